The Balaban J connectivity index is 1.58. The lowest BCUT2D eigenvalue weighted by molar-refractivity contribution is 0.0566. The van der Waals surface area contributed by atoms with Gasteiger partial charge in [0.25, 0.3) is 0 Å². The fourth-order valence-electron chi connectivity index (χ4n) is 2.49. The molecule has 4 nitrogen and oxygen atoms in total. The first-order valence-electron chi connectivity index (χ1n) is 7.60. The number of aromatic nitrogens is 2. The van der Waals surface area contributed by atoms with Crippen LogP contribution >= 0.6 is 11.3 Å². The van der Waals surface area contributed by atoms with Gasteiger partial charge in [-0.25, -0.2) is 0 Å². The summed E-state index contributed by atoms with van der Waals surface area (Å²) >= 11 is 1.73. The summed E-state index contributed by atoms with van der Waals surface area (Å²) in [4.78, 5) is 1.26. The van der Waals surface area contributed by atoms with Gasteiger partial charge in [-0.1, -0.05) is 30.3 Å². The largest absolute Gasteiger partial charge is 0.384 e. The van der Waals surface area contributed by atoms with Crippen LogP contribution in [0.25, 0.3) is 11.1 Å². The van der Waals surface area contributed by atoms with E-state index in [-0.39, 0.29) is 0 Å². The predicted octanol–water partition coefficient (Wildman–Crippen LogP) is 3.15. The highest BCUT2D eigenvalue weighted by Crippen LogP contribution is 2.25. The molecule has 3 rings (SSSR count). The molecule has 0 aliphatic rings. The standard InChI is InChI=1S/C18H21N3OS/c1-18(22,16-9-20-21(2)11-16)13-19-10-17-8-15(12-23-17)14-6-4-3-5-7-14/h3-9,11-12,19,22H,10,13H2,1-2H3. The van der Waals surface area contributed by atoms with Crippen LogP contribution in [0.4, 0.5) is 0 Å². The van der Waals surface area contributed by atoms with Gasteiger partial charge in [-0.2, -0.15) is 5.10 Å². The van der Waals surface area contributed by atoms with E-state index >= 15 is 0 Å². The number of hydrogen-bond acceptors (Lipinski definition) is 4. The average Bonchev–Trinajstić information content (AvgIpc) is 3.17. The lowest BCUT2D eigenvalue weighted by atomic mass is 10.00. The monoisotopic (exact) mass is 327 g/mol. The maximum Gasteiger partial charge on any atom is 0.102 e. The highest BCUT2D eigenvalue weighted by molar-refractivity contribution is 7.10. The number of hydrogen-bond donors (Lipinski definition) is 2. The van der Waals surface area contributed by atoms with Gasteiger partial charge in [-0.3, -0.25) is 4.68 Å². The Hall–Kier alpha value is -1.95. The molecule has 0 bridgehead atoms. The van der Waals surface area contributed by atoms with Crippen LogP contribution in [0.1, 0.15) is 17.4 Å². The van der Waals surface area contributed by atoms with Gasteiger partial charge < -0.3 is 10.4 Å². The number of aliphatic hydroxyl groups is 1. The van der Waals surface area contributed by atoms with Crippen LogP contribution in [0.3, 0.4) is 0 Å². The van der Waals surface area contributed by atoms with Crippen molar-refractivity contribution in [3.05, 3.63) is 64.6 Å². The maximum atomic E-state index is 10.5. The van der Waals surface area contributed by atoms with Crippen molar-refractivity contribution in [1.29, 1.82) is 0 Å². The SMILES string of the molecule is Cn1cc(C(C)(O)CNCc2cc(-c3ccccc3)cs2)cn1. The summed E-state index contributed by atoms with van der Waals surface area (Å²) in [6, 6.07) is 12.6. The van der Waals surface area contributed by atoms with E-state index in [0.29, 0.717) is 6.54 Å². The van der Waals surface area contributed by atoms with Gasteiger partial charge in [0.1, 0.15) is 5.60 Å². The lowest BCUT2D eigenvalue weighted by Crippen LogP contribution is -2.34. The Bertz CT molecular complexity index is 761. The van der Waals surface area contributed by atoms with Gasteiger partial charge in [0.15, 0.2) is 0 Å². The van der Waals surface area contributed by atoms with Crippen molar-refractivity contribution in [1.82, 2.24) is 15.1 Å². The van der Waals surface area contributed by atoms with Gasteiger partial charge >= 0.3 is 0 Å². The van der Waals surface area contributed by atoms with Crippen LogP contribution in [0.15, 0.2) is 54.2 Å². The Kier molecular flexibility index (Phi) is 4.61. The molecular weight excluding hydrogens is 306 g/mol. The highest BCUT2D eigenvalue weighted by atomic mass is 32.1. The molecule has 23 heavy (non-hydrogen) atoms. The second-order valence-corrected chi connectivity index (χ2v) is 6.94. The zero-order valence-corrected chi connectivity index (χ0v) is 14.2. The van der Waals surface area contributed by atoms with E-state index in [1.54, 1.807) is 29.1 Å². The third kappa shape index (κ3) is 3.88. The zero-order chi connectivity index (χ0) is 16.3. The molecule has 2 N–H and O–H groups in total. The van der Waals surface area contributed by atoms with Crippen LogP contribution in [0.2, 0.25) is 0 Å². The quantitative estimate of drug-likeness (QED) is 0.731. The molecule has 1 aromatic carbocycles. The van der Waals surface area contributed by atoms with Crippen molar-refractivity contribution >= 4 is 11.3 Å². The molecule has 0 fully saturated rings. The van der Waals surface area contributed by atoms with Crippen LogP contribution in [0.5, 0.6) is 0 Å². The van der Waals surface area contributed by atoms with E-state index in [1.807, 2.05) is 19.3 Å². The fourth-order valence-corrected chi connectivity index (χ4v) is 3.35. The van der Waals surface area contributed by atoms with E-state index in [9.17, 15) is 5.11 Å². The minimum atomic E-state index is -0.923. The summed E-state index contributed by atoms with van der Waals surface area (Å²) in [5, 5.41) is 20.2. The Morgan fingerprint density at radius 2 is 2.04 bits per heavy atom. The minimum Gasteiger partial charge on any atom is -0.384 e. The van der Waals surface area contributed by atoms with E-state index in [4.69, 9.17) is 0 Å². The summed E-state index contributed by atoms with van der Waals surface area (Å²) in [6.45, 7) is 3.03. The molecule has 0 radical (unpaired) electrons. The number of nitrogens with one attached hydrogen (secondary N) is 1. The molecule has 1 unspecified atom stereocenters. The van der Waals surface area contributed by atoms with Crippen LogP contribution in [-0.4, -0.2) is 21.4 Å². The van der Waals surface area contributed by atoms with Crippen molar-refractivity contribution < 1.29 is 5.11 Å². The maximum absolute atomic E-state index is 10.5. The highest BCUT2D eigenvalue weighted by Gasteiger charge is 2.24. The summed E-state index contributed by atoms with van der Waals surface area (Å²) in [5.74, 6) is 0. The second kappa shape index (κ2) is 6.66. The van der Waals surface area contributed by atoms with Gasteiger partial charge in [0.05, 0.1) is 6.20 Å². The first-order chi connectivity index (χ1) is 11.0. The molecule has 0 spiro atoms. The fraction of sp³-hybridized carbons (Fsp3) is 0.278. The van der Waals surface area contributed by atoms with E-state index in [1.165, 1.54) is 16.0 Å². The molecule has 0 amide bonds. The predicted molar refractivity (Wildman–Crippen MR) is 94.2 cm³/mol. The van der Waals surface area contributed by atoms with E-state index < -0.39 is 5.60 Å². The van der Waals surface area contributed by atoms with Crippen molar-refractivity contribution in [2.24, 2.45) is 7.05 Å². The molecule has 0 saturated carbocycles. The van der Waals surface area contributed by atoms with Gasteiger partial charge in [0.2, 0.25) is 0 Å². The Labute approximate surface area is 140 Å². The molecule has 3 aromatic rings. The van der Waals surface area contributed by atoms with Gasteiger partial charge in [0, 0.05) is 36.8 Å². The number of thiophene rings is 1. The second-order valence-electron chi connectivity index (χ2n) is 5.95. The van der Waals surface area contributed by atoms with Gasteiger partial charge in [-0.15, -0.1) is 11.3 Å². The smallest absolute Gasteiger partial charge is 0.102 e. The molecule has 0 aliphatic heterocycles. The molecule has 2 heterocycles. The molecule has 2 aromatic heterocycles. The van der Waals surface area contributed by atoms with Crippen molar-refractivity contribution in [3.63, 3.8) is 0 Å². The molecule has 1 atom stereocenters. The molecular formula is C18H21N3OS. The third-order valence-electron chi connectivity index (χ3n) is 3.86. The van der Waals surface area contributed by atoms with Crippen molar-refractivity contribution in [2.75, 3.05) is 6.54 Å². The first-order valence-corrected chi connectivity index (χ1v) is 8.47. The topological polar surface area (TPSA) is 50.1 Å². The van der Waals surface area contributed by atoms with Crippen molar-refractivity contribution in [3.8, 4) is 11.1 Å². The first kappa shape index (κ1) is 15.9. The summed E-state index contributed by atoms with van der Waals surface area (Å²) in [7, 11) is 1.85. The van der Waals surface area contributed by atoms with Crippen LogP contribution in [0, 0.1) is 0 Å². The molecule has 120 valence electrons. The minimum absolute atomic E-state index is 0.483. The Morgan fingerprint density at radius 1 is 1.26 bits per heavy atom. The summed E-state index contributed by atoms with van der Waals surface area (Å²) < 4.78 is 1.70. The molecule has 5 heteroatoms. The molecule has 0 saturated heterocycles. The van der Waals surface area contributed by atoms with Crippen LogP contribution in [-0.2, 0) is 19.2 Å². The van der Waals surface area contributed by atoms with Crippen molar-refractivity contribution in [2.45, 2.75) is 19.1 Å². The lowest BCUT2D eigenvalue weighted by Gasteiger charge is -2.22. The number of aryl methyl sites for hydroxylation is 1. The van der Waals surface area contributed by atoms with E-state index in [0.717, 1.165) is 12.1 Å². The van der Waals surface area contributed by atoms with Crippen LogP contribution < -0.4 is 5.32 Å². The number of benzene rings is 1. The Morgan fingerprint density at radius 3 is 2.74 bits per heavy atom. The number of rotatable bonds is 6. The van der Waals surface area contributed by atoms with Gasteiger partial charge in [-0.05, 0) is 29.5 Å². The summed E-state index contributed by atoms with van der Waals surface area (Å²) in [5.41, 5.74) is 2.38. The zero-order valence-electron chi connectivity index (χ0n) is 13.4. The van der Waals surface area contributed by atoms with E-state index in [2.05, 4.69) is 46.1 Å². The molecule has 0 aliphatic carbocycles. The summed E-state index contributed by atoms with van der Waals surface area (Å²) in [6.07, 6.45) is 3.56. The average molecular weight is 327 g/mol. The normalized spacial score (nSPS) is 13.9. The number of nitrogens with zero attached hydrogens (tertiary/aromatic N) is 2. The third-order valence-corrected chi connectivity index (χ3v) is 4.79.